The van der Waals surface area contributed by atoms with Crippen molar-refractivity contribution in [3.05, 3.63) is 0 Å². The molecule has 0 aromatic carbocycles. The van der Waals surface area contributed by atoms with Gasteiger partial charge in [-0.3, -0.25) is 0 Å². The minimum absolute atomic E-state index is 0.152. The molecule has 0 aliphatic carbocycles. The largest absolute Gasteiger partial charge is 0.446 e. The molecule has 8 heteroatoms. The van der Waals surface area contributed by atoms with Crippen molar-refractivity contribution in [2.75, 3.05) is 19.6 Å². The van der Waals surface area contributed by atoms with Gasteiger partial charge in [0.1, 0.15) is 0 Å². The van der Waals surface area contributed by atoms with Crippen LogP contribution in [0.3, 0.4) is 0 Å². The SMILES string of the molecule is CCCCN(CC1CCCN1)S(=O)(=O)NC(=O)OC(C)C. The lowest BCUT2D eigenvalue weighted by atomic mass is 10.2. The highest BCUT2D eigenvalue weighted by molar-refractivity contribution is 7.87. The molecule has 0 aromatic rings. The van der Waals surface area contributed by atoms with Crippen molar-refractivity contribution >= 4 is 16.3 Å². The predicted octanol–water partition coefficient (Wildman–Crippen LogP) is 1.22. The van der Waals surface area contributed by atoms with Gasteiger partial charge in [0.05, 0.1) is 6.10 Å². The fraction of sp³-hybridized carbons (Fsp3) is 0.923. The van der Waals surface area contributed by atoms with Crippen molar-refractivity contribution in [2.45, 2.75) is 58.6 Å². The van der Waals surface area contributed by atoms with Crippen molar-refractivity contribution in [1.82, 2.24) is 14.3 Å². The van der Waals surface area contributed by atoms with Crippen LogP contribution in [0.5, 0.6) is 0 Å². The highest BCUT2D eigenvalue weighted by Crippen LogP contribution is 2.11. The summed E-state index contributed by atoms with van der Waals surface area (Å²) < 4.78 is 32.8. The van der Waals surface area contributed by atoms with Crippen molar-refractivity contribution in [1.29, 1.82) is 0 Å². The number of unbranched alkanes of at least 4 members (excludes halogenated alkanes) is 1. The van der Waals surface area contributed by atoms with Gasteiger partial charge in [0.25, 0.3) is 0 Å². The van der Waals surface area contributed by atoms with Crippen LogP contribution in [0.1, 0.15) is 46.5 Å². The van der Waals surface area contributed by atoms with Gasteiger partial charge in [0.2, 0.25) is 0 Å². The lowest BCUT2D eigenvalue weighted by molar-refractivity contribution is 0.121. The topological polar surface area (TPSA) is 87.7 Å². The van der Waals surface area contributed by atoms with Crippen molar-refractivity contribution in [3.63, 3.8) is 0 Å². The highest BCUT2D eigenvalue weighted by atomic mass is 32.2. The average molecular weight is 321 g/mol. The van der Waals surface area contributed by atoms with Crippen molar-refractivity contribution in [2.24, 2.45) is 0 Å². The Balaban J connectivity index is 2.66. The van der Waals surface area contributed by atoms with E-state index in [4.69, 9.17) is 4.74 Å². The summed E-state index contributed by atoms with van der Waals surface area (Å²) in [4.78, 5) is 11.5. The standard InChI is InChI=1S/C13H27N3O4S/c1-4-5-9-16(10-12-7-6-8-14-12)21(18,19)15-13(17)20-11(2)3/h11-12,14H,4-10H2,1-3H3,(H,15,17). The molecule has 1 atom stereocenters. The van der Waals surface area contributed by atoms with Crippen LogP contribution in [-0.2, 0) is 14.9 Å². The number of ether oxygens (including phenoxy) is 1. The van der Waals surface area contributed by atoms with Gasteiger partial charge in [-0.25, -0.2) is 9.52 Å². The van der Waals surface area contributed by atoms with Crippen molar-refractivity contribution < 1.29 is 17.9 Å². The molecule has 1 heterocycles. The minimum atomic E-state index is -3.86. The molecule has 1 saturated heterocycles. The average Bonchev–Trinajstić information content (AvgIpc) is 2.85. The van der Waals surface area contributed by atoms with Crippen LogP contribution in [-0.4, -0.2) is 50.6 Å². The Kier molecular flexibility index (Phi) is 7.41. The van der Waals surface area contributed by atoms with Gasteiger partial charge < -0.3 is 10.1 Å². The molecule has 0 aromatic heterocycles. The molecule has 0 spiro atoms. The lowest BCUT2D eigenvalue weighted by Gasteiger charge is -2.25. The van der Waals surface area contributed by atoms with E-state index in [0.29, 0.717) is 13.1 Å². The summed E-state index contributed by atoms with van der Waals surface area (Å²) in [5.74, 6) is 0. The quantitative estimate of drug-likeness (QED) is 0.702. The van der Waals surface area contributed by atoms with Crippen LogP contribution in [0, 0.1) is 0 Å². The smallest absolute Gasteiger partial charge is 0.422 e. The third-order valence-corrected chi connectivity index (χ3v) is 4.68. The second kappa shape index (κ2) is 8.55. The van der Waals surface area contributed by atoms with Crippen LogP contribution >= 0.6 is 0 Å². The minimum Gasteiger partial charge on any atom is -0.446 e. The van der Waals surface area contributed by atoms with E-state index in [1.165, 1.54) is 4.31 Å². The van der Waals surface area contributed by atoms with Gasteiger partial charge in [-0.2, -0.15) is 12.7 Å². The molecule has 1 aliphatic rings. The second-order valence-electron chi connectivity index (χ2n) is 5.57. The Labute approximate surface area is 127 Å². The summed E-state index contributed by atoms with van der Waals surface area (Å²) in [6, 6.07) is 0.152. The van der Waals surface area contributed by atoms with Crippen LogP contribution in [0.15, 0.2) is 0 Å². The highest BCUT2D eigenvalue weighted by Gasteiger charge is 2.28. The lowest BCUT2D eigenvalue weighted by Crippen LogP contribution is -2.48. The molecular formula is C13H27N3O4S. The first-order chi connectivity index (χ1) is 9.85. The number of rotatable bonds is 8. The molecule has 21 heavy (non-hydrogen) atoms. The zero-order chi connectivity index (χ0) is 15.9. The first-order valence-corrected chi connectivity index (χ1v) is 9.01. The molecule has 0 bridgehead atoms. The van der Waals surface area contributed by atoms with Gasteiger partial charge in [0.15, 0.2) is 0 Å². The molecule has 7 nitrogen and oxygen atoms in total. The maximum absolute atomic E-state index is 12.3. The maximum Gasteiger partial charge on any atom is 0.422 e. The number of carbonyl (C=O) groups excluding carboxylic acids is 1. The van der Waals surface area contributed by atoms with E-state index >= 15 is 0 Å². The first-order valence-electron chi connectivity index (χ1n) is 7.57. The number of amides is 1. The monoisotopic (exact) mass is 321 g/mol. The summed E-state index contributed by atoms with van der Waals surface area (Å²) in [6.07, 6.45) is 2.36. The van der Waals surface area contributed by atoms with Gasteiger partial charge in [-0.05, 0) is 39.7 Å². The molecular weight excluding hydrogens is 294 g/mol. The van der Waals surface area contributed by atoms with E-state index in [1.807, 2.05) is 11.6 Å². The third kappa shape index (κ3) is 6.62. The van der Waals surface area contributed by atoms with Crippen LogP contribution < -0.4 is 10.0 Å². The van der Waals surface area contributed by atoms with E-state index in [0.717, 1.165) is 32.2 Å². The van der Waals surface area contributed by atoms with Crippen LogP contribution in [0.2, 0.25) is 0 Å². The normalized spacial score (nSPS) is 19.2. The first kappa shape index (κ1) is 18.2. The third-order valence-electron chi connectivity index (χ3n) is 3.24. The summed E-state index contributed by atoms with van der Waals surface area (Å²) >= 11 is 0. The van der Waals surface area contributed by atoms with Gasteiger partial charge in [-0.15, -0.1) is 0 Å². The summed E-state index contributed by atoms with van der Waals surface area (Å²) in [6.45, 7) is 7.03. The maximum atomic E-state index is 12.3. The molecule has 2 N–H and O–H groups in total. The molecule has 0 radical (unpaired) electrons. The summed E-state index contributed by atoms with van der Waals surface area (Å²) in [7, 11) is -3.86. The predicted molar refractivity (Wildman–Crippen MR) is 81.2 cm³/mol. The number of nitrogens with zero attached hydrogens (tertiary/aromatic N) is 1. The van der Waals surface area contributed by atoms with E-state index < -0.39 is 16.3 Å². The fourth-order valence-corrected chi connectivity index (χ4v) is 3.34. The Bertz CT molecular complexity index is 419. The zero-order valence-corrected chi connectivity index (χ0v) is 13.9. The molecule has 124 valence electrons. The number of hydrogen-bond acceptors (Lipinski definition) is 5. The van der Waals surface area contributed by atoms with Crippen LogP contribution in [0.4, 0.5) is 4.79 Å². The van der Waals surface area contributed by atoms with E-state index in [2.05, 4.69) is 5.32 Å². The molecule has 1 aliphatic heterocycles. The van der Waals surface area contributed by atoms with Gasteiger partial charge in [-0.1, -0.05) is 13.3 Å². The molecule has 1 rings (SSSR count). The Morgan fingerprint density at radius 3 is 2.71 bits per heavy atom. The zero-order valence-electron chi connectivity index (χ0n) is 13.1. The number of nitrogens with one attached hydrogen (secondary N) is 2. The number of carbonyl (C=O) groups is 1. The van der Waals surface area contributed by atoms with Gasteiger partial charge >= 0.3 is 16.3 Å². The summed E-state index contributed by atoms with van der Waals surface area (Å²) in [5, 5.41) is 3.27. The van der Waals surface area contributed by atoms with Crippen molar-refractivity contribution in [3.8, 4) is 0 Å². The van der Waals surface area contributed by atoms with E-state index in [1.54, 1.807) is 13.8 Å². The summed E-state index contributed by atoms with van der Waals surface area (Å²) in [5.41, 5.74) is 0. The number of hydrogen-bond donors (Lipinski definition) is 2. The Morgan fingerprint density at radius 1 is 1.48 bits per heavy atom. The molecule has 0 saturated carbocycles. The second-order valence-corrected chi connectivity index (χ2v) is 7.24. The van der Waals surface area contributed by atoms with Gasteiger partial charge in [0, 0.05) is 19.1 Å². The Morgan fingerprint density at radius 2 is 2.19 bits per heavy atom. The molecule has 1 unspecified atom stereocenters. The molecule has 1 amide bonds. The van der Waals surface area contributed by atoms with Crippen LogP contribution in [0.25, 0.3) is 0 Å². The Hall–Kier alpha value is -0.860. The fourth-order valence-electron chi connectivity index (χ4n) is 2.21. The molecule has 1 fully saturated rings. The van der Waals surface area contributed by atoms with E-state index in [9.17, 15) is 13.2 Å². The van der Waals surface area contributed by atoms with E-state index in [-0.39, 0.29) is 12.1 Å².